The molecule has 1 aromatic rings. The molecule has 1 aromatic carbocycles. The Kier molecular flexibility index (Phi) is 5.60. The molecule has 120 valence electrons. The first-order valence-electron chi connectivity index (χ1n) is 7.12. The highest BCUT2D eigenvalue weighted by Gasteiger charge is 2.32. The van der Waals surface area contributed by atoms with Crippen LogP contribution in [-0.4, -0.2) is 63.8 Å². The summed E-state index contributed by atoms with van der Waals surface area (Å²) in [4.78, 5) is 27.4. The third kappa shape index (κ3) is 3.67. The van der Waals surface area contributed by atoms with E-state index in [2.05, 4.69) is 5.32 Å². The molecular weight excluding hydrogens is 286 g/mol. The molecule has 0 atom stereocenters. The maximum atomic E-state index is 12.4. The number of methoxy groups -OCH3 is 2. The zero-order valence-corrected chi connectivity index (χ0v) is 12.9. The lowest BCUT2D eigenvalue weighted by molar-refractivity contribution is -0.121. The van der Waals surface area contributed by atoms with Crippen LogP contribution in [0.25, 0.3) is 0 Å². The van der Waals surface area contributed by atoms with Gasteiger partial charge in [0.2, 0.25) is 5.91 Å². The summed E-state index contributed by atoms with van der Waals surface area (Å²) in [5.41, 5.74) is 0.720. The van der Waals surface area contributed by atoms with E-state index < -0.39 is 0 Å². The lowest BCUT2D eigenvalue weighted by atomic mass is 10.2. The third-order valence-corrected chi connectivity index (χ3v) is 3.43. The van der Waals surface area contributed by atoms with E-state index in [1.807, 2.05) is 24.3 Å². The van der Waals surface area contributed by atoms with Gasteiger partial charge in [0.15, 0.2) is 0 Å². The fourth-order valence-corrected chi connectivity index (χ4v) is 2.33. The molecule has 3 amide bonds. The molecule has 1 saturated heterocycles. The number of anilines is 1. The third-order valence-electron chi connectivity index (χ3n) is 3.43. The van der Waals surface area contributed by atoms with Crippen LogP contribution in [0.4, 0.5) is 10.5 Å². The first-order valence-corrected chi connectivity index (χ1v) is 7.12. The van der Waals surface area contributed by atoms with Gasteiger partial charge in [-0.25, -0.2) is 4.79 Å². The quantitative estimate of drug-likeness (QED) is 0.753. The molecule has 1 heterocycles. The van der Waals surface area contributed by atoms with Gasteiger partial charge in [-0.1, -0.05) is 12.1 Å². The summed E-state index contributed by atoms with van der Waals surface area (Å²) in [6.07, 6.45) is 0. The molecule has 1 fully saturated rings. The Hall–Kier alpha value is -2.28. The number of hydrogen-bond donors (Lipinski definition) is 1. The number of amides is 3. The minimum atomic E-state index is -0.189. The van der Waals surface area contributed by atoms with Gasteiger partial charge in [0, 0.05) is 26.7 Å². The maximum absolute atomic E-state index is 12.4. The largest absolute Gasteiger partial charge is 0.495 e. The zero-order valence-electron chi connectivity index (χ0n) is 12.9. The van der Waals surface area contributed by atoms with Gasteiger partial charge < -0.3 is 19.7 Å². The summed E-state index contributed by atoms with van der Waals surface area (Å²) in [5, 5.41) is 2.71. The average molecular weight is 307 g/mol. The van der Waals surface area contributed by atoms with Gasteiger partial charge in [-0.2, -0.15) is 0 Å². The van der Waals surface area contributed by atoms with Crippen LogP contribution in [0.1, 0.15) is 0 Å². The van der Waals surface area contributed by atoms with Crippen molar-refractivity contribution in [2.45, 2.75) is 0 Å². The van der Waals surface area contributed by atoms with E-state index in [0.29, 0.717) is 32.0 Å². The molecule has 1 aliphatic rings. The van der Waals surface area contributed by atoms with Gasteiger partial charge in [0.1, 0.15) is 12.3 Å². The van der Waals surface area contributed by atoms with Crippen LogP contribution in [0.15, 0.2) is 24.3 Å². The van der Waals surface area contributed by atoms with Crippen LogP contribution in [0, 0.1) is 0 Å². The molecule has 7 heteroatoms. The topological polar surface area (TPSA) is 71.1 Å². The second kappa shape index (κ2) is 7.65. The smallest absolute Gasteiger partial charge is 0.325 e. The molecule has 7 nitrogen and oxygen atoms in total. The summed E-state index contributed by atoms with van der Waals surface area (Å²) in [6.45, 7) is 1.98. The van der Waals surface area contributed by atoms with E-state index in [-0.39, 0.29) is 18.5 Å². The molecule has 0 unspecified atom stereocenters. The minimum absolute atomic E-state index is 0.0498. The van der Waals surface area contributed by atoms with Crippen molar-refractivity contribution in [3.63, 3.8) is 0 Å². The Morgan fingerprint density at radius 1 is 1.27 bits per heavy atom. The van der Waals surface area contributed by atoms with Crippen molar-refractivity contribution in [3.05, 3.63) is 24.3 Å². The summed E-state index contributed by atoms with van der Waals surface area (Å²) in [6, 6.07) is 7.16. The first-order chi connectivity index (χ1) is 10.7. The SMILES string of the molecule is COCCNC(=O)CN1CCN(c2ccccc2OC)C1=O. The van der Waals surface area contributed by atoms with Gasteiger partial charge in [0.05, 0.1) is 19.4 Å². The molecule has 0 spiro atoms. The highest BCUT2D eigenvalue weighted by molar-refractivity contribution is 5.97. The van der Waals surface area contributed by atoms with Crippen molar-refractivity contribution in [2.24, 2.45) is 0 Å². The fourth-order valence-electron chi connectivity index (χ4n) is 2.33. The number of hydrogen-bond acceptors (Lipinski definition) is 4. The average Bonchev–Trinajstić information content (AvgIpc) is 2.88. The van der Waals surface area contributed by atoms with Crippen LogP contribution in [0.5, 0.6) is 5.75 Å². The normalized spacial score (nSPS) is 14.4. The van der Waals surface area contributed by atoms with Gasteiger partial charge in [-0.3, -0.25) is 9.69 Å². The minimum Gasteiger partial charge on any atom is -0.495 e. The van der Waals surface area contributed by atoms with Crippen LogP contribution >= 0.6 is 0 Å². The molecule has 0 aliphatic carbocycles. The standard InChI is InChI=1S/C15H21N3O4/c1-21-10-7-16-14(19)11-17-8-9-18(15(17)20)12-5-3-4-6-13(12)22-2/h3-6H,7-11H2,1-2H3,(H,16,19). The van der Waals surface area contributed by atoms with Crippen LogP contribution in [0.3, 0.4) is 0 Å². The van der Waals surface area contributed by atoms with E-state index in [4.69, 9.17) is 9.47 Å². The van der Waals surface area contributed by atoms with E-state index in [1.165, 1.54) is 4.90 Å². The lowest BCUT2D eigenvalue weighted by Gasteiger charge is -2.20. The molecule has 1 N–H and O–H groups in total. The predicted molar refractivity (Wildman–Crippen MR) is 82.2 cm³/mol. The Morgan fingerprint density at radius 2 is 2.05 bits per heavy atom. The number of benzene rings is 1. The summed E-state index contributed by atoms with van der Waals surface area (Å²) >= 11 is 0. The Balaban J connectivity index is 1.96. The van der Waals surface area contributed by atoms with Gasteiger partial charge >= 0.3 is 6.03 Å². The van der Waals surface area contributed by atoms with Crippen molar-refractivity contribution in [2.75, 3.05) is 51.9 Å². The number of carbonyl (C=O) groups is 2. The molecular formula is C15H21N3O4. The molecule has 1 aliphatic heterocycles. The van der Waals surface area contributed by atoms with Crippen LogP contribution in [-0.2, 0) is 9.53 Å². The number of nitrogens with one attached hydrogen (secondary N) is 1. The summed E-state index contributed by atoms with van der Waals surface area (Å²) in [7, 11) is 3.14. The van der Waals surface area contributed by atoms with Gasteiger partial charge in [0.25, 0.3) is 0 Å². The highest BCUT2D eigenvalue weighted by atomic mass is 16.5. The molecule has 0 radical (unpaired) electrons. The Labute approximate surface area is 129 Å². The second-order valence-electron chi connectivity index (χ2n) is 4.87. The number of ether oxygens (including phenoxy) is 2. The summed E-state index contributed by atoms with van der Waals surface area (Å²) in [5.74, 6) is 0.453. The monoisotopic (exact) mass is 307 g/mol. The second-order valence-corrected chi connectivity index (χ2v) is 4.87. The predicted octanol–water partition coefficient (Wildman–Crippen LogP) is 0.700. The first kappa shape index (κ1) is 16.1. The summed E-state index contributed by atoms with van der Waals surface area (Å²) < 4.78 is 10.1. The molecule has 0 saturated carbocycles. The Morgan fingerprint density at radius 3 is 2.77 bits per heavy atom. The van der Waals surface area contributed by atoms with Crippen molar-refractivity contribution < 1.29 is 19.1 Å². The van der Waals surface area contributed by atoms with Crippen molar-refractivity contribution in [1.82, 2.24) is 10.2 Å². The molecule has 22 heavy (non-hydrogen) atoms. The van der Waals surface area contributed by atoms with E-state index in [0.717, 1.165) is 5.69 Å². The van der Waals surface area contributed by atoms with Gasteiger partial charge in [-0.15, -0.1) is 0 Å². The number of nitrogens with zero attached hydrogens (tertiary/aromatic N) is 2. The maximum Gasteiger partial charge on any atom is 0.325 e. The Bertz CT molecular complexity index is 535. The molecule has 0 aromatic heterocycles. The number of urea groups is 1. The van der Waals surface area contributed by atoms with Crippen molar-refractivity contribution in [3.8, 4) is 5.75 Å². The van der Waals surface area contributed by atoms with Crippen LogP contribution in [0.2, 0.25) is 0 Å². The zero-order chi connectivity index (χ0) is 15.9. The van der Waals surface area contributed by atoms with E-state index in [9.17, 15) is 9.59 Å². The van der Waals surface area contributed by atoms with E-state index >= 15 is 0 Å². The fraction of sp³-hybridized carbons (Fsp3) is 0.467. The van der Waals surface area contributed by atoms with Crippen molar-refractivity contribution in [1.29, 1.82) is 0 Å². The highest BCUT2D eigenvalue weighted by Crippen LogP contribution is 2.30. The van der Waals surface area contributed by atoms with E-state index in [1.54, 1.807) is 19.1 Å². The number of rotatable bonds is 7. The number of para-hydroxylation sites is 2. The van der Waals surface area contributed by atoms with Gasteiger partial charge in [-0.05, 0) is 12.1 Å². The lowest BCUT2D eigenvalue weighted by Crippen LogP contribution is -2.40. The van der Waals surface area contributed by atoms with Crippen LogP contribution < -0.4 is 15.0 Å². The molecule has 2 rings (SSSR count). The van der Waals surface area contributed by atoms with Crippen molar-refractivity contribution >= 4 is 17.6 Å². The molecule has 0 bridgehead atoms. The number of carbonyl (C=O) groups excluding carboxylic acids is 2.